The van der Waals surface area contributed by atoms with Crippen molar-refractivity contribution in [3.63, 3.8) is 0 Å². The zero-order valence-electron chi connectivity index (χ0n) is 11.8. The molecule has 0 aromatic carbocycles. The Kier molecular flexibility index (Phi) is 4.39. The number of hydrogen-bond donors (Lipinski definition) is 1. The summed E-state index contributed by atoms with van der Waals surface area (Å²) in [4.78, 5) is 29.9. The van der Waals surface area contributed by atoms with Crippen molar-refractivity contribution >= 4 is 23.2 Å². The van der Waals surface area contributed by atoms with Crippen molar-refractivity contribution in [1.82, 2.24) is 9.88 Å². The number of aromatic nitrogens is 1. The van der Waals surface area contributed by atoms with Gasteiger partial charge < -0.3 is 14.7 Å². The first-order valence-corrected chi connectivity index (χ1v) is 7.28. The second-order valence-electron chi connectivity index (χ2n) is 4.92. The summed E-state index contributed by atoms with van der Waals surface area (Å²) in [7, 11) is 1.60. The molecule has 0 aliphatic carbocycles. The van der Waals surface area contributed by atoms with Crippen molar-refractivity contribution in [1.29, 1.82) is 0 Å². The largest absolute Gasteiger partial charge is 0.481 e. The van der Waals surface area contributed by atoms with Crippen molar-refractivity contribution in [2.45, 2.75) is 26.4 Å². The van der Waals surface area contributed by atoms with Crippen LogP contribution in [0.4, 0.5) is 0 Å². The summed E-state index contributed by atoms with van der Waals surface area (Å²) in [6.07, 6.45) is 0.367. The van der Waals surface area contributed by atoms with Gasteiger partial charge in [-0.2, -0.15) is 0 Å². The lowest BCUT2D eigenvalue weighted by molar-refractivity contribution is -0.141. The number of carbonyl (C=O) groups excluding carboxylic acids is 1. The minimum atomic E-state index is -0.838. The van der Waals surface area contributed by atoms with Crippen LogP contribution in [0.15, 0.2) is 0 Å². The van der Waals surface area contributed by atoms with E-state index >= 15 is 0 Å². The molecule has 110 valence electrons. The van der Waals surface area contributed by atoms with Crippen LogP contribution < -0.4 is 0 Å². The average Bonchev–Trinajstić information content (AvgIpc) is 3.03. The van der Waals surface area contributed by atoms with Gasteiger partial charge in [0.1, 0.15) is 16.0 Å². The number of thiazole rings is 1. The third-order valence-corrected chi connectivity index (χ3v) is 4.84. The Labute approximate surface area is 121 Å². The molecule has 6 nitrogen and oxygen atoms in total. The first-order valence-electron chi connectivity index (χ1n) is 6.46. The van der Waals surface area contributed by atoms with E-state index in [2.05, 4.69) is 4.98 Å². The van der Waals surface area contributed by atoms with E-state index in [1.54, 1.807) is 18.9 Å². The van der Waals surface area contributed by atoms with Gasteiger partial charge in [-0.3, -0.25) is 9.59 Å². The standard InChI is InChI=1S/C13H18N2O4S/c1-7-10(20-11(14-7)8(2)19-3)12(16)15-5-4-9(6-15)13(17)18/h8-9H,4-6H2,1-3H3,(H,17,18)/t8-,9-/m0/s1. The molecule has 20 heavy (non-hydrogen) atoms. The molecule has 2 atom stereocenters. The van der Waals surface area contributed by atoms with Gasteiger partial charge in [-0.1, -0.05) is 0 Å². The monoisotopic (exact) mass is 298 g/mol. The molecule has 0 bridgehead atoms. The molecule has 2 heterocycles. The lowest BCUT2D eigenvalue weighted by Crippen LogP contribution is -2.29. The summed E-state index contributed by atoms with van der Waals surface area (Å²) in [5.41, 5.74) is 0.678. The topological polar surface area (TPSA) is 79.7 Å². The van der Waals surface area contributed by atoms with E-state index in [9.17, 15) is 9.59 Å². The molecule has 1 N–H and O–H groups in total. The Morgan fingerprint density at radius 1 is 1.55 bits per heavy atom. The highest BCUT2D eigenvalue weighted by atomic mass is 32.1. The Morgan fingerprint density at radius 3 is 2.80 bits per heavy atom. The molecule has 1 aliphatic heterocycles. The molecule has 0 spiro atoms. The quantitative estimate of drug-likeness (QED) is 0.915. The number of methoxy groups -OCH3 is 1. The smallest absolute Gasteiger partial charge is 0.308 e. The van der Waals surface area contributed by atoms with Crippen LogP contribution in [-0.4, -0.2) is 47.1 Å². The number of aliphatic carboxylic acids is 1. The average molecular weight is 298 g/mol. The maximum Gasteiger partial charge on any atom is 0.308 e. The van der Waals surface area contributed by atoms with Crippen LogP contribution in [0.2, 0.25) is 0 Å². The second kappa shape index (κ2) is 5.88. The van der Waals surface area contributed by atoms with Crippen LogP contribution in [0.25, 0.3) is 0 Å². The second-order valence-corrected chi connectivity index (χ2v) is 5.95. The summed E-state index contributed by atoms with van der Waals surface area (Å²) >= 11 is 1.32. The molecule has 2 rings (SSSR count). The Balaban J connectivity index is 2.14. The Hall–Kier alpha value is -1.47. The molecule has 1 saturated heterocycles. The number of nitrogens with zero attached hydrogens (tertiary/aromatic N) is 2. The van der Waals surface area contributed by atoms with E-state index in [0.29, 0.717) is 23.5 Å². The molecule has 1 fully saturated rings. The summed E-state index contributed by atoms with van der Waals surface area (Å²) in [5, 5.41) is 9.75. The third kappa shape index (κ3) is 2.83. The number of carbonyl (C=O) groups is 2. The maximum atomic E-state index is 12.4. The van der Waals surface area contributed by atoms with E-state index in [4.69, 9.17) is 9.84 Å². The van der Waals surface area contributed by atoms with Crippen LogP contribution in [0, 0.1) is 12.8 Å². The molecule has 1 aromatic rings. The van der Waals surface area contributed by atoms with Gasteiger partial charge >= 0.3 is 5.97 Å². The molecule has 7 heteroatoms. The minimum Gasteiger partial charge on any atom is -0.481 e. The highest BCUT2D eigenvalue weighted by molar-refractivity contribution is 7.13. The zero-order valence-corrected chi connectivity index (χ0v) is 12.6. The lowest BCUT2D eigenvalue weighted by Gasteiger charge is -2.14. The fourth-order valence-corrected chi connectivity index (χ4v) is 3.24. The number of rotatable bonds is 4. The predicted octanol–water partition coefficient (Wildman–Crippen LogP) is 1.71. The van der Waals surface area contributed by atoms with Gasteiger partial charge in [0.25, 0.3) is 5.91 Å². The molecule has 1 aromatic heterocycles. The van der Waals surface area contributed by atoms with Crippen LogP contribution in [0.3, 0.4) is 0 Å². The molecule has 0 saturated carbocycles. The Morgan fingerprint density at radius 2 is 2.25 bits per heavy atom. The molecular formula is C13H18N2O4S. The number of hydrogen-bond acceptors (Lipinski definition) is 5. The van der Waals surface area contributed by atoms with Crippen molar-refractivity contribution in [2.24, 2.45) is 5.92 Å². The van der Waals surface area contributed by atoms with Gasteiger partial charge in [0, 0.05) is 20.2 Å². The van der Waals surface area contributed by atoms with Gasteiger partial charge in [0.05, 0.1) is 11.6 Å². The molecule has 0 unspecified atom stereocenters. The highest BCUT2D eigenvalue weighted by Gasteiger charge is 2.33. The van der Waals surface area contributed by atoms with Crippen molar-refractivity contribution in [3.8, 4) is 0 Å². The van der Waals surface area contributed by atoms with Crippen molar-refractivity contribution in [3.05, 3.63) is 15.6 Å². The van der Waals surface area contributed by atoms with Gasteiger partial charge in [0.15, 0.2) is 0 Å². The van der Waals surface area contributed by atoms with E-state index in [-0.39, 0.29) is 18.6 Å². The lowest BCUT2D eigenvalue weighted by atomic mass is 10.1. The van der Waals surface area contributed by atoms with Gasteiger partial charge in [-0.25, -0.2) is 4.98 Å². The number of ether oxygens (including phenoxy) is 1. The number of likely N-dealkylation sites (tertiary alicyclic amines) is 1. The van der Waals surface area contributed by atoms with Crippen molar-refractivity contribution < 1.29 is 19.4 Å². The van der Waals surface area contributed by atoms with Gasteiger partial charge in [-0.15, -0.1) is 11.3 Å². The maximum absolute atomic E-state index is 12.4. The third-order valence-electron chi connectivity index (χ3n) is 3.53. The summed E-state index contributed by atoms with van der Waals surface area (Å²) in [6.45, 7) is 4.44. The summed E-state index contributed by atoms with van der Waals surface area (Å²) in [5.74, 6) is -1.42. The SMILES string of the molecule is CO[C@@H](C)c1nc(C)c(C(=O)N2CC[C@H](C(=O)O)C2)s1. The molecule has 1 aliphatic rings. The minimum absolute atomic E-state index is 0.127. The van der Waals surface area contributed by atoms with Crippen LogP contribution in [0.1, 0.15) is 39.8 Å². The molecule has 0 radical (unpaired) electrons. The van der Waals surface area contributed by atoms with Crippen LogP contribution in [-0.2, 0) is 9.53 Å². The van der Waals surface area contributed by atoms with Crippen molar-refractivity contribution in [2.75, 3.05) is 20.2 Å². The first-order chi connectivity index (χ1) is 9.43. The number of carboxylic acid groups (broad SMARTS) is 1. The molecular weight excluding hydrogens is 280 g/mol. The normalized spacial score (nSPS) is 20.1. The van der Waals surface area contributed by atoms with Gasteiger partial charge in [-0.05, 0) is 20.3 Å². The van der Waals surface area contributed by atoms with E-state index < -0.39 is 11.9 Å². The fraction of sp³-hybridized carbons (Fsp3) is 0.615. The fourth-order valence-electron chi connectivity index (χ4n) is 2.18. The number of amides is 1. The first kappa shape index (κ1) is 14.9. The zero-order chi connectivity index (χ0) is 14.9. The van der Waals surface area contributed by atoms with E-state index in [1.807, 2.05) is 6.92 Å². The predicted molar refractivity (Wildman–Crippen MR) is 73.9 cm³/mol. The highest BCUT2D eigenvalue weighted by Crippen LogP contribution is 2.28. The Bertz CT molecular complexity index is 528. The van der Waals surface area contributed by atoms with Gasteiger partial charge in [0.2, 0.25) is 0 Å². The summed E-state index contributed by atoms with van der Waals surface area (Å²) in [6, 6.07) is 0. The number of carboxylic acids is 1. The number of aryl methyl sites for hydroxylation is 1. The van der Waals surface area contributed by atoms with E-state index in [0.717, 1.165) is 5.01 Å². The molecule has 1 amide bonds. The summed E-state index contributed by atoms with van der Waals surface area (Å²) < 4.78 is 5.20. The van der Waals surface area contributed by atoms with Crippen LogP contribution in [0.5, 0.6) is 0 Å². The van der Waals surface area contributed by atoms with Crippen LogP contribution >= 0.6 is 11.3 Å². The van der Waals surface area contributed by atoms with E-state index in [1.165, 1.54) is 11.3 Å².